The zero-order chi connectivity index (χ0) is 19.7. The number of halogens is 1. The number of furan rings is 1. The van der Waals surface area contributed by atoms with Crippen molar-refractivity contribution < 1.29 is 8.81 Å². The summed E-state index contributed by atoms with van der Waals surface area (Å²) in [6, 6.07) is 4.81. The Hall–Kier alpha value is -2.90. The molecule has 2 N–H and O–H groups in total. The van der Waals surface area contributed by atoms with E-state index in [0.29, 0.717) is 18.1 Å². The van der Waals surface area contributed by atoms with E-state index in [1.165, 1.54) is 12.1 Å². The van der Waals surface area contributed by atoms with Gasteiger partial charge in [-0.3, -0.25) is 4.99 Å². The van der Waals surface area contributed by atoms with E-state index >= 15 is 0 Å². The lowest BCUT2D eigenvalue weighted by Crippen LogP contribution is -2.46. The Morgan fingerprint density at radius 1 is 1.43 bits per heavy atom. The van der Waals surface area contributed by atoms with Crippen molar-refractivity contribution in [1.29, 1.82) is 0 Å². The van der Waals surface area contributed by atoms with Gasteiger partial charge in [-0.25, -0.2) is 14.1 Å². The molecule has 3 heterocycles. The number of aromatic nitrogens is 3. The van der Waals surface area contributed by atoms with E-state index in [-0.39, 0.29) is 11.9 Å². The maximum absolute atomic E-state index is 13.5. The first-order valence-electron chi connectivity index (χ1n) is 9.64. The van der Waals surface area contributed by atoms with Gasteiger partial charge in [-0.05, 0) is 31.5 Å². The Bertz CT molecular complexity index is 1020. The second kappa shape index (κ2) is 7.61. The molecule has 0 fully saturated rings. The van der Waals surface area contributed by atoms with Crippen molar-refractivity contribution >= 4 is 16.9 Å². The summed E-state index contributed by atoms with van der Waals surface area (Å²) in [6.45, 7) is 5.25. The predicted molar refractivity (Wildman–Crippen MR) is 106 cm³/mol. The van der Waals surface area contributed by atoms with Crippen LogP contribution in [-0.4, -0.2) is 33.8 Å². The highest BCUT2D eigenvalue weighted by atomic mass is 19.1. The number of hydrogen-bond donors (Lipinski definition) is 2. The molecule has 0 saturated carbocycles. The first kappa shape index (κ1) is 18.5. The minimum Gasteiger partial charge on any atom is -0.459 e. The molecule has 0 amide bonds. The molecule has 1 atom stereocenters. The average Bonchev–Trinajstić information content (AvgIpc) is 3.25. The van der Waals surface area contributed by atoms with E-state index in [1.54, 1.807) is 13.1 Å². The Morgan fingerprint density at radius 2 is 2.29 bits per heavy atom. The van der Waals surface area contributed by atoms with E-state index in [4.69, 9.17) is 4.42 Å². The zero-order valence-electron chi connectivity index (χ0n) is 16.4. The van der Waals surface area contributed by atoms with Gasteiger partial charge in [-0.15, -0.1) is 0 Å². The smallest absolute Gasteiger partial charge is 0.191 e. The lowest BCUT2D eigenvalue weighted by Gasteiger charge is -2.25. The number of benzene rings is 1. The molecule has 8 heteroatoms. The topological polar surface area (TPSA) is 80.3 Å². The van der Waals surface area contributed by atoms with E-state index < -0.39 is 0 Å². The highest BCUT2D eigenvalue weighted by Gasteiger charge is 2.22. The molecule has 0 spiro atoms. The van der Waals surface area contributed by atoms with Crippen LogP contribution in [0, 0.1) is 12.7 Å². The summed E-state index contributed by atoms with van der Waals surface area (Å²) >= 11 is 0. The van der Waals surface area contributed by atoms with Gasteiger partial charge < -0.3 is 15.1 Å². The predicted octanol–water partition coefficient (Wildman–Crippen LogP) is 2.71. The Balaban J connectivity index is 1.40. The third-order valence-electron chi connectivity index (χ3n) is 5.20. The molecule has 2 aromatic heterocycles. The maximum atomic E-state index is 13.5. The van der Waals surface area contributed by atoms with Crippen LogP contribution in [-0.2, 0) is 25.9 Å². The molecule has 7 nitrogen and oxygen atoms in total. The number of hydrogen-bond acceptors (Lipinski definition) is 4. The summed E-state index contributed by atoms with van der Waals surface area (Å²) < 4.78 is 21.3. The zero-order valence-corrected chi connectivity index (χ0v) is 16.4. The fraction of sp³-hybridized carbons (Fsp3) is 0.450. The minimum atomic E-state index is -0.260. The molecule has 4 rings (SSSR count). The molecule has 0 bridgehead atoms. The Labute approximate surface area is 163 Å². The van der Waals surface area contributed by atoms with Crippen molar-refractivity contribution in [1.82, 2.24) is 25.4 Å². The van der Waals surface area contributed by atoms with Gasteiger partial charge in [-0.2, -0.15) is 5.10 Å². The van der Waals surface area contributed by atoms with Gasteiger partial charge in [0.05, 0.1) is 13.1 Å². The normalized spacial score (nSPS) is 17.0. The summed E-state index contributed by atoms with van der Waals surface area (Å²) in [5.74, 6) is 3.18. The molecule has 0 radical (unpaired) electrons. The molecule has 1 unspecified atom stereocenters. The van der Waals surface area contributed by atoms with Crippen LogP contribution in [0.4, 0.5) is 4.39 Å². The number of nitrogens with one attached hydrogen (secondary N) is 2. The molecule has 0 saturated heterocycles. The Kier molecular flexibility index (Phi) is 5.02. The van der Waals surface area contributed by atoms with Gasteiger partial charge in [0, 0.05) is 36.9 Å². The molecule has 3 aromatic rings. The second-order valence-corrected chi connectivity index (χ2v) is 7.08. The summed E-state index contributed by atoms with van der Waals surface area (Å²) in [6.07, 6.45) is 2.73. The highest BCUT2D eigenvalue weighted by Crippen LogP contribution is 2.25. The van der Waals surface area contributed by atoms with E-state index in [1.807, 2.05) is 11.6 Å². The molecular weight excluding hydrogens is 359 g/mol. The first-order chi connectivity index (χ1) is 13.6. The Morgan fingerprint density at radius 3 is 3.07 bits per heavy atom. The molecule has 148 valence electrons. The van der Waals surface area contributed by atoms with Crippen LogP contribution in [0.5, 0.6) is 0 Å². The monoisotopic (exact) mass is 384 g/mol. The first-order valence-corrected chi connectivity index (χ1v) is 9.64. The molecule has 1 aromatic carbocycles. The van der Waals surface area contributed by atoms with E-state index in [9.17, 15) is 4.39 Å². The van der Waals surface area contributed by atoms with Crippen molar-refractivity contribution in [2.24, 2.45) is 4.99 Å². The largest absolute Gasteiger partial charge is 0.459 e. The van der Waals surface area contributed by atoms with Gasteiger partial charge in [0.1, 0.15) is 23.0 Å². The van der Waals surface area contributed by atoms with Gasteiger partial charge >= 0.3 is 0 Å². The van der Waals surface area contributed by atoms with Crippen LogP contribution in [0.25, 0.3) is 11.0 Å². The maximum Gasteiger partial charge on any atom is 0.191 e. The van der Waals surface area contributed by atoms with Gasteiger partial charge in [0.25, 0.3) is 0 Å². The summed E-state index contributed by atoms with van der Waals surface area (Å²) in [5.41, 5.74) is 1.63. The van der Waals surface area contributed by atoms with Gasteiger partial charge in [-0.1, -0.05) is 6.92 Å². The third-order valence-corrected chi connectivity index (χ3v) is 5.20. The summed E-state index contributed by atoms with van der Waals surface area (Å²) in [7, 11) is 1.75. The average molecular weight is 384 g/mol. The van der Waals surface area contributed by atoms with Crippen LogP contribution in [0.15, 0.2) is 27.6 Å². The molecule has 1 aliphatic heterocycles. The summed E-state index contributed by atoms with van der Waals surface area (Å²) in [4.78, 5) is 8.87. The molecule has 0 aliphatic carbocycles. The van der Waals surface area contributed by atoms with Crippen LogP contribution < -0.4 is 10.6 Å². The van der Waals surface area contributed by atoms with E-state index in [0.717, 1.165) is 54.2 Å². The number of guanidine groups is 1. The number of fused-ring (bicyclic) bond motifs is 2. The van der Waals surface area contributed by atoms with Crippen LogP contribution in [0.3, 0.4) is 0 Å². The lowest BCUT2D eigenvalue weighted by molar-refractivity contribution is 0.391. The third kappa shape index (κ3) is 3.58. The number of aliphatic imine (C=N–C) groups is 1. The second-order valence-electron chi connectivity index (χ2n) is 7.08. The number of nitrogens with zero attached hydrogens (tertiary/aromatic N) is 4. The molecule has 1 aliphatic rings. The molecule has 28 heavy (non-hydrogen) atoms. The van der Waals surface area contributed by atoms with Crippen LogP contribution >= 0.6 is 0 Å². The van der Waals surface area contributed by atoms with Crippen LogP contribution in [0.1, 0.15) is 36.3 Å². The fourth-order valence-corrected chi connectivity index (χ4v) is 3.59. The summed E-state index contributed by atoms with van der Waals surface area (Å²) in [5, 5.41) is 12.1. The quantitative estimate of drug-likeness (QED) is 0.534. The van der Waals surface area contributed by atoms with Crippen LogP contribution in [0.2, 0.25) is 0 Å². The van der Waals surface area contributed by atoms with E-state index in [2.05, 4.69) is 32.6 Å². The van der Waals surface area contributed by atoms with Crippen molar-refractivity contribution in [2.45, 2.75) is 52.2 Å². The lowest BCUT2D eigenvalue weighted by atomic mass is 10.1. The minimum absolute atomic E-state index is 0.232. The van der Waals surface area contributed by atoms with Gasteiger partial charge in [0.15, 0.2) is 11.8 Å². The fourth-order valence-electron chi connectivity index (χ4n) is 3.59. The van der Waals surface area contributed by atoms with Crippen molar-refractivity contribution in [2.75, 3.05) is 7.05 Å². The highest BCUT2D eigenvalue weighted by molar-refractivity contribution is 5.83. The van der Waals surface area contributed by atoms with Crippen molar-refractivity contribution in [3.05, 3.63) is 47.0 Å². The van der Waals surface area contributed by atoms with Gasteiger partial charge in [0.2, 0.25) is 0 Å². The number of rotatable bonds is 4. The standard InChI is InChI=1S/C20H25FN6O/c1-4-18-25-19-8-6-14(11-27(19)26-18)24-20(22-3)23-10-17-12(2)15-9-13(21)5-7-16(15)28-17/h5,7,9,14H,4,6,8,10-11H2,1-3H3,(H2,22,23,24). The number of aryl methyl sites for hydroxylation is 3. The van der Waals surface area contributed by atoms with Crippen molar-refractivity contribution in [3.63, 3.8) is 0 Å². The SMILES string of the molecule is CCc1nc2n(n1)CC(NC(=NC)NCc1oc3ccc(F)cc3c1C)CC2. The van der Waals surface area contributed by atoms with Crippen molar-refractivity contribution in [3.8, 4) is 0 Å². The molecular formula is C20H25FN6O.